The third-order valence-electron chi connectivity index (χ3n) is 3.73. The summed E-state index contributed by atoms with van der Waals surface area (Å²) in [7, 11) is 0. The van der Waals surface area contributed by atoms with E-state index in [4.69, 9.17) is 10.5 Å². The monoisotopic (exact) mass is 280 g/mol. The minimum absolute atomic E-state index is 0.0461. The zero-order chi connectivity index (χ0) is 14.5. The maximum atomic E-state index is 13.3. The van der Waals surface area contributed by atoms with Crippen LogP contribution >= 0.6 is 0 Å². The molecule has 1 heterocycles. The number of hydrogen-bond donors (Lipinski definition) is 1. The summed E-state index contributed by atoms with van der Waals surface area (Å²) >= 11 is 0. The lowest BCUT2D eigenvalue weighted by Gasteiger charge is -2.21. The predicted octanol–water partition coefficient (Wildman–Crippen LogP) is 1.79. The first-order valence-corrected chi connectivity index (χ1v) is 6.98. The summed E-state index contributed by atoms with van der Waals surface area (Å²) in [5, 5.41) is 0. The maximum Gasteiger partial charge on any atom is 0.226 e. The van der Waals surface area contributed by atoms with Crippen molar-refractivity contribution < 1.29 is 13.9 Å². The van der Waals surface area contributed by atoms with Crippen LogP contribution in [0.5, 0.6) is 5.75 Å². The molecule has 0 saturated carbocycles. The Hall–Kier alpha value is -1.62. The van der Waals surface area contributed by atoms with Crippen molar-refractivity contribution in [1.29, 1.82) is 0 Å². The van der Waals surface area contributed by atoms with Gasteiger partial charge in [-0.15, -0.1) is 0 Å². The van der Waals surface area contributed by atoms with Gasteiger partial charge in [0.1, 0.15) is 0 Å². The van der Waals surface area contributed by atoms with E-state index in [0.29, 0.717) is 12.5 Å². The number of carbonyl (C=O) groups excluding carboxylic acids is 1. The molecule has 1 aliphatic heterocycles. The number of rotatable bonds is 5. The molecule has 2 N–H and O–H groups in total. The Bertz CT molecular complexity index is 467. The van der Waals surface area contributed by atoms with Crippen molar-refractivity contribution in [3.63, 3.8) is 0 Å². The molecule has 0 spiro atoms. The molecule has 2 rings (SSSR count). The minimum atomic E-state index is -0.405. The van der Waals surface area contributed by atoms with Crippen LogP contribution in [0.4, 0.5) is 4.39 Å². The van der Waals surface area contributed by atoms with Gasteiger partial charge in [0, 0.05) is 12.6 Å². The number of para-hydroxylation sites is 1. The number of hydrogen-bond acceptors (Lipinski definition) is 3. The first-order valence-electron chi connectivity index (χ1n) is 6.98. The topological polar surface area (TPSA) is 55.6 Å². The van der Waals surface area contributed by atoms with Gasteiger partial charge in [-0.05, 0) is 37.9 Å². The number of benzene rings is 1. The molecular weight excluding hydrogens is 259 g/mol. The normalized spacial score (nSPS) is 22.1. The van der Waals surface area contributed by atoms with Gasteiger partial charge in [0.25, 0.3) is 0 Å². The quantitative estimate of drug-likeness (QED) is 0.894. The summed E-state index contributed by atoms with van der Waals surface area (Å²) < 4.78 is 18.6. The zero-order valence-corrected chi connectivity index (χ0v) is 11.7. The Morgan fingerprint density at radius 2 is 2.25 bits per heavy atom. The summed E-state index contributed by atoms with van der Waals surface area (Å²) in [5.41, 5.74) is 5.65. The zero-order valence-electron chi connectivity index (χ0n) is 11.7. The number of amides is 1. The molecule has 0 aromatic heterocycles. The number of likely N-dealkylation sites (tertiary alicyclic amines) is 1. The number of carbonyl (C=O) groups is 1. The van der Waals surface area contributed by atoms with Crippen LogP contribution in [-0.2, 0) is 4.79 Å². The van der Waals surface area contributed by atoms with Crippen LogP contribution in [0.3, 0.4) is 0 Å². The molecule has 0 radical (unpaired) electrons. The van der Waals surface area contributed by atoms with Crippen LogP contribution in [-0.4, -0.2) is 36.5 Å². The highest BCUT2D eigenvalue weighted by atomic mass is 19.1. The van der Waals surface area contributed by atoms with Crippen molar-refractivity contribution in [2.75, 3.05) is 19.7 Å². The summed E-state index contributed by atoms with van der Waals surface area (Å²) in [6.07, 6.45) is 1.21. The second kappa shape index (κ2) is 6.70. The van der Waals surface area contributed by atoms with E-state index in [-0.39, 0.29) is 30.7 Å². The van der Waals surface area contributed by atoms with Gasteiger partial charge in [0.05, 0.1) is 13.0 Å². The van der Waals surface area contributed by atoms with Crippen molar-refractivity contribution in [3.8, 4) is 5.75 Å². The Morgan fingerprint density at radius 3 is 2.90 bits per heavy atom. The van der Waals surface area contributed by atoms with Crippen molar-refractivity contribution in [1.82, 2.24) is 4.90 Å². The van der Waals surface area contributed by atoms with Gasteiger partial charge in [-0.25, -0.2) is 4.39 Å². The molecule has 4 nitrogen and oxygen atoms in total. The molecule has 1 fully saturated rings. The first kappa shape index (κ1) is 14.8. The van der Waals surface area contributed by atoms with E-state index in [1.165, 1.54) is 6.07 Å². The van der Waals surface area contributed by atoms with Gasteiger partial charge in [-0.1, -0.05) is 12.1 Å². The molecule has 1 aliphatic rings. The molecule has 0 aliphatic carbocycles. The van der Waals surface area contributed by atoms with Gasteiger partial charge >= 0.3 is 0 Å². The van der Waals surface area contributed by atoms with E-state index < -0.39 is 5.82 Å². The van der Waals surface area contributed by atoms with Crippen molar-refractivity contribution in [3.05, 3.63) is 30.1 Å². The highest BCUT2D eigenvalue weighted by Crippen LogP contribution is 2.23. The third kappa shape index (κ3) is 3.48. The number of nitrogens with two attached hydrogens (primary N) is 1. The average Bonchev–Trinajstić information content (AvgIpc) is 2.82. The van der Waals surface area contributed by atoms with Crippen LogP contribution in [0, 0.1) is 11.7 Å². The Labute approximate surface area is 118 Å². The second-order valence-electron chi connectivity index (χ2n) is 5.26. The fraction of sp³-hybridized carbons (Fsp3) is 0.533. The highest BCUT2D eigenvalue weighted by Gasteiger charge is 2.31. The molecule has 1 saturated heterocycles. The standard InChI is InChI=1S/C15H21FN2O2/c1-11-8-12(9-17)10-18(11)15(19)6-7-20-14-5-3-2-4-13(14)16/h2-5,11-12H,6-10,17H2,1H3. The lowest BCUT2D eigenvalue weighted by molar-refractivity contribution is -0.132. The van der Waals surface area contributed by atoms with Crippen molar-refractivity contribution >= 4 is 5.91 Å². The molecule has 20 heavy (non-hydrogen) atoms. The molecular formula is C15H21FN2O2. The van der Waals surface area contributed by atoms with Crippen LogP contribution < -0.4 is 10.5 Å². The molecule has 2 unspecified atom stereocenters. The van der Waals surface area contributed by atoms with E-state index in [0.717, 1.165) is 13.0 Å². The smallest absolute Gasteiger partial charge is 0.226 e. The van der Waals surface area contributed by atoms with E-state index in [1.54, 1.807) is 18.2 Å². The maximum absolute atomic E-state index is 13.3. The van der Waals surface area contributed by atoms with Crippen LogP contribution in [0.25, 0.3) is 0 Å². The lowest BCUT2D eigenvalue weighted by Crippen LogP contribution is -2.35. The van der Waals surface area contributed by atoms with Gasteiger partial charge < -0.3 is 15.4 Å². The van der Waals surface area contributed by atoms with E-state index in [9.17, 15) is 9.18 Å². The Morgan fingerprint density at radius 1 is 1.50 bits per heavy atom. The van der Waals surface area contributed by atoms with Gasteiger partial charge in [-0.2, -0.15) is 0 Å². The minimum Gasteiger partial charge on any atom is -0.490 e. The van der Waals surface area contributed by atoms with Crippen LogP contribution in [0.15, 0.2) is 24.3 Å². The number of halogens is 1. The number of nitrogens with zero attached hydrogens (tertiary/aromatic N) is 1. The van der Waals surface area contributed by atoms with Gasteiger partial charge in [0.15, 0.2) is 11.6 Å². The first-order chi connectivity index (χ1) is 9.61. The fourth-order valence-corrected chi connectivity index (χ4v) is 2.61. The summed E-state index contributed by atoms with van der Waals surface area (Å²) in [5.74, 6) is 0.221. The third-order valence-corrected chi connectivity index (χ3v) is 3.73. The predicted molar refractivity (Wildman–Crippen MR) is 74.8 cm³/mol. The van der Waals surface area contributed by atoms with E-state index >= 15 is 0 Å². The second-order valence-corrected chi connectivity index (χ2v) is 5.26. The van der Waals surface area contributed by atoms with Gasteiger partial charge in [0.2, 0.25) is 5.91 Å². The summed E-state index contributed by atoms with van der Waals surface area (Å²) in [6, 6.07) is 6.43. The summed E-state index contributed by atoms with van der Waals surface area (Å²) in [6.45, 7) is 3.55. The Kier molecular flexibility index (Phi) is 4.95. The molecule has 2 atom stereocenters. The van der Waals surface area contributed by atoms with E-state index in [1.807, 2.05) is 11.8 Å². The van der Waals surface area contributed by atoms with Crippen molar-refractivity contribution in [2.24, 2.45) is 11.7 Å². The highest BCUT2D eigenvalue weighted by molar-refractivity contribution is 5.77. The van der Waals surface area contributed by atoms with Gasteiger partial charge in [-0.3, -0.25) is 4.79 Å². The molecule has 0 bridgehead atoms. The molecule has 1 aromatic carbocycles. The SMILES string of the molecule is CC1CC(CN)CN1C(=O)CCOc1ccccc1F. The molecule has 1 aromatic rings. The Balaban J connectivity index is 1.80. The van der Waals surface area contributed by atoms with Crippen LogP contribution in [0.1, 0.15) is 19.8 Å². The lowest BCUT2D eigenvalue weighted by atomic mass is 10.1. The summed E-state index contributed by atoms with van der Waals surface area (Å²) in [4.78, 5) is 14.0. The molecule has 110 valence electrons. The molecule has 1 amide bonds. The van der Waals surface area contributed by atoms with Crippen LogP contribution in [0.2, 0.25) is 0 Å². The number of ether oxygens (including phenoxy) is 1. The fourth-order valence-electron chi connectivity index (χ4n) is 2.61. The average molecular weight is 280 g/mol. The van der Waals surface area contributed by atoms with E-state index in [2.05, 4.69) is 0 Å². The largest absolute Gasteiger partial charge is 0.490 e. The van der Waals surface area contributed by atoms with Crippen molar-refractivity contribution in [2.45, 2.75) is 25.8 Å². The molecule has 5 heteroatoms.